The fourth-order valence-corrected chi connectivity index (χ4v) is 5.25. The maximum absolute atomic E-state index is 13.1. The Labute approximate surface area is 212 Å². The van der Waals surface area contributed by atoms with Crippen molar-refractivity contribution < 1.29 is 14.3 Å². The van der Waals surface area contributed by atoms with Crippen LogP contribution in [0.15, 0.2) is 39.7 Å². The van der Waals surface area contributed by atoms with E-state index in [1.807, 2.05) is 25.1 Å². The van der Waals surface area contributed by atoms with Gasteiger partial charge in [-0.15, -0.1) is 0 Å². The molecule has 0 bridgehead atoms. The zero-order valence-electron chi connectivity index (χ0n) is 16.2. The summed E-state index contributed by atoms with van der Waals surface area (Å²) in [5.41, 5.74) is 1.49. The van der Waals surface area contributed by atoms with E-state index in [1.165, 1.54) is 16.7 Å². The number of halogens is 3. The van der Waals surface area contributed by atoms with Crippen molar-refractivity contribution in [3.8, 4) is 11.5 Å². The average molecular weight is 639 g/mol. The van der Waals surface area contributed by atoms with Gasteiger partial charge in [-0.25, -0.2) is 0 Å². The van der Waals surface area contributed by atoms with E-state index in [9.17, 15) is 4.79 Å². The second-order valence-electron chi connectivity index (χ2n) is 6.23. The van der Waals surface area contributed by atoms with Gasteiger partial charge in [0.2, 0.25) is 0 Å². The number of carbonyl (C=O) groups excluding carboxylic acids is 1. The van der Waals surface area contributed by atoms with Gasteiger partial charge in [0, 0.05) is 4.47 Å². The van der Waals surface area contributed by atoms with E-state index < -0.39 is 0 Å². The lowest BCUT2D eigenvalue weighted by Crippen LogP contribution is -2.27. The molecule has 1 aliphatic heterocycles. The first kappa shape index (κ1) is 23.8. The van der Waals surface area contributed by atoms with Crippen LogP contribution >= 0.6 is 74.1 Å². The number of hydrogen-bond acceptors (Lipinski definition) is 5. The van der Waals surface area contributed by atoms with E-state index in [4.69, 9.17) is 33.3 Å². The summed E-state index contributed by atoms with van der Waals surface area (Å²) < 4.78 is 13.8. The topological polar surface area (TPSA) is 38.8 Å². The minimum atomic E-state index is -0.178. The maximum Gasteiger partial charge on any atom is 0.270 e. The number of thioether (sulfide) groups is 1. The Balaban J connectivity index is 1.94. The molecule has 0 aromatic heterocycles. The Morgan fingerprint density at radius 2 is 2.03 bits per heavy atom. The molecule has 2 aromatic rings. The fourth-order valence-electron chi connectivity index (χ4n) is 2.74. The molecule has 1 aliphatic rings. The zero-order valence-corrected chi connectivity index (χ0v) is 22.3. The van der Waals surface area contributed by atoms with Crippen molar-refractivity contribution in [3.63, 3.8) is 0 Å². The van der Waals surface area contributed by atoms with Crippen molar-refractivity contribution in [2.24, 2.45) is 0 Å². The minimum absolute atomic E-state index is 0.178. The van der Waals surface area contributed by atoms with Crippen LogP contribution in [0.5, 0.6) is 11.5 Å². The van der Waals surface area contributed by atoms with Crippen molar-refractivity contribution >= 4 is 96.1 Å². The maximum atomic E-state index is 13.1. The molecule has 0 radical (unpaired) electrons. The highest BCUT2D eigenvalue weighted by Gasteiger charge is 2.33. The molecule has 0 N–H and O–H groups in total. The molecule has 2 aromatic carbocycles. The molecule has 0 unspecified atom stereocenters. The monoisotopic (exact) mass is 637 g/mol. The molecule has 0 aliphatic carbocycles. The number of nitrogens with zero attached hydrogens (tertiary/aromatic N) is 1. The lowest BCUT2D eigenvalue weighted by Gasteiger charge is -2.15. The minimum Gasteiger partial charge on any atom is -0.490 e. The molecule has 3 rings (SSSR count). The molecule has 4 nitrogen and oxygen atoms in total. The third-order valence-corrected chi connectivity index (χ3v) is 7.37. The van der Waals surface area contributed by atoms with E-state index in [0.717, 1.165) is 25.8 Å². The van der Waals surface area contributed by atoms with Gasteiger partial charge in [-0.3, -0.25) is 9.69 Å². The van der Waals surface area contributed by atoms with Gasteiger partial charge < -0.3 is 9.47 Å². The summed E-state index contributed by atoms with van der Waals surface area (Å²) >= 11 is 18.5. The van der Waals surface area contributed by atoms with E-state index in [0.29, 0.717) is 38.9 Å². The highest BCUT2D eigenvalue weighted by atomic mass is 127. The lowest BCUT2D eigenvalue weighted by molar-refractivity contribution is -0.113. The van der Waals surface area contributed by atoms with Crippen molar-refractivity contribution in [2.75, 3.05) is 18.1 Å². The normalized spacial score (nSPS) is 15.2. The number of hydrogen-bond donors (Lipinski definition) is 0. The van der Waals surface area contributed by atoms with Crippen molar-refractivity contribution in [1.82, 2.24) is 0 Å². The van der Waals surface area contributed by atoms with Gasteiger partial charge >= 0.3 is 0 Å². The number of benzene rings is 2. The highest BCUT2D eigenvalue weighted by molar-refractivity contribution is 14.1. The molecule has 1 heterocycles. The van der Waals surface area contributed by atoms with E-state index >= 15 is 0 Å². The van der Waals surface area contributed by atoms with Crippen LogP contribution in [-0.2, 0) is 4.79 Å². The summed E-state index contributed by atoms with van der Waals surface area (Å²) in [5, 5.41) is 0.518. The van der Waals surface area contributed by atoms with Crippen molar-refractivity contribution in [2.45, 2.75) is 20.3 Å². The SMILES string of the molecule is CCCOc1c(I)cc(/C=C2\SC(=S)N(c3ccc(Br)c(Cl)c3)C2=O)cc1OCC. The van der Waals surface area contributed by atoms with Gasteiger partial charge in [-0.1, -0.05) is 42.5 Å². The molecular weight excluding hydrogens is 621 g/mol. The van der Waals surface area contributed by atoms with E-state index in [1.54, 1.807) is 18.2 Å². The lowest BCUT2D eigenvalue weighted by atomic mass is 10.1. The first-order valence-corrected chi connectivity index (χ1v) is 12.6. The van der Waals surface area contributed by atoms with Crippen LogP contribution in [0.2, 0.25) is 5.02 Å². The predicted octanol–water partition coefficient (Wildman–Crippen LogP) is 7.30. The fraction of sp³-hybridized carbons (Fsp3) is 0.238. The highest BCUT2D eigenvalue weighted by Crippen LogP contribution is 2.40. The number of thiocarbonyl (C=S) groups is 1. The molecule has 0 saturated carbocycles. The smallest absolute Gasteiger partial charge is 0.270 e. The first-order valence-electron chi connectivity index (χ1n) is 9.17. The number of rotatable bonds is 7. The van der Waals surface area contributed by atoms with Crippen LogP contribution in [-0.4, -0.2) is 23.4 Å². The van der Waals surface area contributed by atoms with Crippen molar-refractivity contribution in [1.29, 1.82) is 0 Å². The zero-order chi connectivity index (χ0) is 21.8. The van der Waals surface area contributed by atoms with E-state index in [2.05, 4.69) is 45.4 Å². The molecule has 30 heavy (non-hydrogen) atoms. The summed E-state index contributed by atoms with van der Waals surface area (Å²) in [5.74, 6) is 1.22. The second kappa shape index (κ2) is 10.7. The molecule has 0 spiro atoms. The third-order valence-electron chi connectivity index (χ3n) is 4.04. The predicted molar refractivity (Wildman–Crippen MR) is 141 cm³/mol. The standard InChI is InChI=1S/C21H18BrClINO3S2/c1-3-7-28-19-16(24)8-12(9-17(19)27-4-2)10-18-20(26)25(21(29)30-18)13-5-6-14(22)15(23)11-13/h5-6,8-11H,3-4,7H2,1-2H3/b18-10-. The molecule has 0 atom stereocenters. The number of carbonyl (C=O) groups is 1. The third kappa shape index (κ3) is 5.32. The Kier molecular flexibility index (Phi) is 8.48. The Bertz CT molecular complexity index is 1030. The van der Waals surface area contributed by atoms with Crippen LogP contribution in [0.3, 0.4) is 0 Å². The van der Waals surface area contributed by atoms with Crippen LogP contribution in [0, 0.1) is 3.57 Å². The Hall–Kier alpha value is -0.810. The van der Waals surface area contributed by atoms with Crippen molar-refractivity contribution in [3.05, 3.63) is 53.9 Å². The molecule has 1 saturated heterocycles. The van der Waals surface area contributed by atoms with Crippen LogP contribution in [0.25, 0.3) is 6.08 Å². The summed E-state index contributed by atoms with van der Waals surface area (Å²) in [7, 11) is 0. The molecule has 158 valence electrons. The molecule has 9 heteroatoms. The summed E-state index contributed by atoms with van der Waals surface area (Å²) in [6.45, 7) is 5.12. The van der Waals surface area contributed by atoms with Crippen LogP contribution in [0.1, 0.15) is 25.8 Å². The summed E-state index contributed by atoms with van der Waals surface area (Å²) in [6, 6.07) is 9.18. The van der Waals surface area contributed by atoms with Gasteiger partial charge in [-0.2, -0.15) is 0 Å². The van der Waals surface area contributed by atoms with Gasteiger partial charge in [0.05, 0.1) is 32.4 Å². The quantitative estimate of drug-likeness (QED) is 0.181. The van der Waals surface area contributed by atoms with Gasteiger partial charge in [0.15, 0.2) is 15.8 Å². The number of anilines is 1. The van der Waals surface area contributed by atoms with Crippen LogP contribution < -0.4 is 14.4 Å². The Morgan fingerprint density at radius 3 is 2.70 bits per heavy atom. The Morgan fingerprint density at radius 1 is 1.27 bits per heavy atom. The van der Waals surface area contributed by atoms with Gasteiger partial charge in [-0.05, 0) is 93.8 Å². The first-order chi connectivity index (χ1) is 14.3. The molecule has 1 amide bonds. The summed E-state index contributed by atoms with van der Waals surface area (Å²) in [4.78, 5) is 15.1. The van der Waals surface area contributed by atoms with Gasteiger partial charge in [0.1, 0.15) is 0 Å². The second-order valence-corrected chi connectivity index (χ2v) is 10.3. The number of ether oxygens (including phenoxy) is 2. The number of amides is 1. The molecule has 1 fully saturated rings. The van der Waals surface area contributed by atoms with Crippen LogP contribution in [0.4, 0.5) is 5.69 Å². The largest absolute Gasteiger partial charge is 0.490 e. The molecular formula is C21H18BrClINO3S2. The average Bonchev–Trinajstić information content (AvgIpc) is 2.97. The summed E-state index contributed by atoms with van der Waals surface area (Å²) in [6.07, 6.45) is 2.74. The van der Waals surface area contributed by atoms with Gasteiger partial charge in [0.25, 0.3) is 5.91 Å². The van der Waals surface area contributed by atoms with E-state index in [-0.39, 0.29) is 5.91 Å².